The second kappa shape index (κ2) is 9.18. The van der Waals surface area contributed by atoms with E-state index in [0.717, 1.165) is 38.8 Å². The Bertz CT molecular complexity index is 247. The average Bonchev–Trinajstić information content (AvgIpc) is 2.71. The Morgan fingerprint density at radius 2 is 1.74 bits per heavy atom. The molecule has 0 atom stereocenters. The van der Waals surface area contributed by atoms with E-state index in [1.807, 2.05) is 9.80 Å². The Morgan fingerprint density at radius 1 is 1.16 bits per heavy atom. The summed E-state index contributed by atoms with van der Waals surface area (Å²) in [7, 11) is 1.70. The van der Waals surface area contributed by atoms with Crippen LogP contribution in [-0.2, 0) is 4.74 Å². The Morgan fingerprint density at radius 3 is 2.21 bits per heavy atom. The van der Waals surface area contributed by atoms with Crippen molar-refractivity contribution in [1.82, 2.24) is 9.80 Å². The minimum atomic E-state index is 0.215. The molecule has 1 aliphatic rings. The maximum Gasteiger partial charge on any atom is 0.320 e. The molecule has 0 N–H and O–H groups in total. The second-order valence-corrected chi connectivity index (χ2v) is 5.34. The van der Waals surface area contributed by atoms with Crippen LogP contribution in [0.1, 0.15) is 52.4 Å². The van der Waals surface area contributed by atoms with Gasteiger partial charge in [0.2, 0.25) is 0 Å². The van der Waals surface area contributed by atoms with Crippen LogP contribution < -0.4 is 0 Å². The molecule has 1 saturated heterocycles. The van der Waals surface area contributed by atoms with Crippen LogP contribution in [-0.4, -0.2) is 55.2 Å². The van der Waals surface area contributed by atoms with Gasteiger partial charge in [-0.05, 0) is 25.7 Å². The minimum Gasteiger partial charge on any atom is -0.383 e. The summed E-state index contributed by atoms with van der Waals surface area (Å²) in [5, 5.41) is 0. The van der Waals surface area contributed by atoms with Crippen LogP contribution in [0.3, 0.4) is 0 Å². The van der Waals surface area contributed by atoms with E-state index >= 15 is 0 Å². The minimum absolute atomic E-state index is 0.215. The van der Waals surface area contributed by atoms with E-state index in [4.69, 9.17) is 4.74 Å². The highest BCUT2D eigenvalue weighted by atomic mass is 16.5. The second-order valence-electron chi connectivity index (χ2n) is 5.34. The lowest BCUT2D eigenvalue weighted by atomic mass is 10.1. The molecule has 0 bridgehead atoms. The van der Waals surface area contributed by atoms with Gasteiger partial charge < -0.3 is 14.5 Å². The van der Waals surface area contributed by atoms with Crippen LogP contribution >= 0.6 is 0 Å². The Balaban J connectivity index is 2.67. The van der Waals surface area contributed by atoms with Crippen molar-refractivity contribution in [3.05, 3.63) is 0 Å². The number of carbonyl (C=O) groups is 1. The molecule has 0 unspecified atom stereocenters. The van der Waals surface area contributed by atoms with Gasteiger partial charge in [-0.2, -0.15) is 0 Å². The van der Waals surface area contributed by atoms with Crippen molar-refractivity contribution >= 4 is 6.03 Å². The molecular weight excluding hydrogens is 240 g/mol. The van der Waals surface area contributed by atoms with E-state index in [-0.39, 0.29) is 6.03 Å². The monoisotopic (exact) mass is 270 g/mol. The van der Waals surface area contributed by atoms with Crippen LogP contribution in [0, 0.1) is 0 Å². The van der Waals surface area contributed by atoms with Gasteiger partial charge in [-0.1, -0.05) is 26.7 Å². The fraction of sp³-hybridized carbons (Fsp3) is 0.933. The molecule has 4 nitrogen and oxygen atoms in total. The van der Waals surface area contributed by atoms with Gasteiger partial charge in [0.05, 0.1) is 6.61 Å². The fourth-order valence-corrected chi connectivity index (χ4v) is 2.80. The van der Waals surface area contributed by atoms with Crippen LogP contribution in [0.4, 0.5) is 4.79 Å². The molecule has 1 aliphatic heterocycles. The molecule has 112 valence electrons. The number of amides is 2. The van der Waals surface area contributed by atoms with Crippen molar-refractivity contribution < 1.29 is 9.53 Å². The van der Waals surface area contributed by atoms with Crippen molar-refractivity contribution in [3.63, 3.8) is 0 Å². The van der Waals surface area contributed by atoms with Crippen LogP contribution in [0.25, 0.3) is 0 Å². The average molecular weight is 270 g/mol. The smallest absolute Gasteiger partial charge is 0.320 e. The maximum atomic E-state index is 12.7. The molecule has 0 spiro atoms. The molecule has 0 aromatic rings. The lowest BCUT2D eigenvalue weighted by molar-refractivity contribution is 0.103. The molecule has 19 heavy (non-hydrogen) atoms. The highest BCUT2D eigenvalue weighted by Gasteiger charge is 2.25. The summed E-state index contributed by atoms with van der Waals surface area (Å²) in [6, 6.07) is 0.554. The van der Waals surface area contributed by atoms with Crippen molar-refractivity contribution in [2.24, 2.45) is 0 Å². The van der Waals surface area contributed by atoms with Gasteiger partial charge in [0.25, 0.3) is 0 Å². The summed E-state index contributed by atoms with van der Waals surface area (Å²) in [6.07, 6.45) is 6.83. The van der Waals surface area contributed by atoms with Gasteiger partial charge in [0.1, 0.15) is 0 Å². The molecule has 0 radical (unpaired) electrons. The van der Waals surface area contributed by atoms with Crippen LogP contribution in [0.5, 0.6) is 0 Å². The summed E-state index contributed by atoms with van der Waals surface area (Å²) >= 11 is 0. The number of methoxy groups -OCH3 is 1. The van der Waals surface area contributed by atoms with Gasteiger partial charge in [-0.3, -0.25) is 0 Å². The first-order valence-electron chi connectivity index (χ1n) is 7.79. The lowest BCUT2D eigenvalue weighted by Gasteiger charge is -2.35. The van der Waals surface area contributed by atoms with Gasteiger partial charge in [0.15, 0.2) is 0 Å². The molecule has 1 heterocycles. The predicted octanol–water partition coefficient (Wildman–Crippen LogP) is 3.12. The molecule has 0 aromatic carbocycles. The summed E-state index contributed by atoms with van der Waals surface area (Å²) in [6.45, 7) is 7.48. The van der Waals surface area contributed by atoms with E-state index in [2.05, 4.69) is 13.8 Å². The molecule has 0 aromatic heterocycles. The number of hydrogen-bond acceptors (Lipinski definition) is 2. The Hall–Kier alpha value is -0.770. The SMILES string of the molecule is CCC(CC)N(CCOC)C(=O)N1CCCCCC1. The third-order valence-corrected chi connectivity index (χ3v) is 4.04. The Kier molecular flexibility index (Phi) is 7.87. The predicted molar refractivity (Wildman–Crippen MR) is 78.4 cm³/mol. The lowest BCUT2D eigenvalue weighted by Crippen LogP contribution is -2.49. The molecule has 4 heteroatoms. The number of nitrogens with zero attached hydrogens (tertiary/aromatic N) is 2. The van der Waals surface area contributed by atoms with Gasteiger partial charge >= 0.3 is 6.03 Å². The van der Waals surface area contributed by atoms with Crippen molar-refractivity contribution in [1.29, 1.82) is 0 Å². The third-order valence-electron chi connectivity index (χ3n) is 4.04. The molecular formula is C15H30N2O2. The largest absolute Gasteiger partial charge is 0.383 e. The number of urea groups is 1. The molecule has 1 rings (SSSR count). The van der Waals surface area contributed by atoms with Crippen molar-refractivity contribution in [3.8, 4) is 0 Å². The zero-order chi connectivity index (χ0) is 14.1. The Labute approximate surface area is 118 Å². The number of rotatable bonds is 6. The van der Waals surface area contributed by atoms with E-state index in [1.54, 1.807) is 7.11 Å². The standard InChI is InChI=1S/C15H30N2O2/c1-4-14(5-2)17(12-13-19-3)15(18)16-10-8-6-7-9-11-16/h14H,4-13H2,1-3H3. The number of carbonyl (C=O) groups excluding carboxylic acids is 1. The van der Waals surface area contributed by atoms with Gasteiger partial charge in [-0.25, -0.2) is 4.79 Å². The third kappa shape index (κ3) is 5.01. The molecule has 0 saturated carbocycles. The van der Waals surface area contributed by atoms with E-state index in [1.165, 1.54) is 12.8 Å². The van der Waals surface area contributed by atoms with Crippen LogP contribution in [0.2, 0.25) is 0 Å². The molecule has 0 aliphatic carbocycles. The maximum absolute atomic E-state index is 12.7. The van der Waals surface area contributed by atoms with Crippen molar-refractivity contribution in [2.75, 3.05) is 33.4 Å². The van der Waals surface area contributed by atoms with E-state index in [9.17, 15) is 4.79 Å². The van der Waals surface area contributed by atoms with E-state index in [0.29, 0.717) is 19.2 Å². The summed E-state index contributed by atoms with van der Waals surface area (Å²) < 4.78 is 5.16. The van der Waals surface area contributed by atoms with Gasteiger partial charge in [-0.15, -0.1) is 0 Å². The number of hydrogen-bond donors (Lipinski definition) is 0. The first-order chi connectivity index (χ1) is 9.24. The zero-order valence-corrected chi connectivity index (χ0v) is 12.9. The highest BCUT2D eigenvalue weighted by molar-refractivity contribution is 5.74. The number of ether oxygens (including phenoxy) is 1. The normalized spacial score (nSPS) is 16.5. The first-order valence-corrected chi connectivity index (χ1v) is 7.79. The van der Waals surface area contributed by atoms with Gasteiger partial charge in [0, 0.05) is 32.8 Å². The topological polar surface area (TPSA) is 32.8 Å². The zero-order valence-electron chi connectivity index (χ0n) is 12.9. The first kappa shape index (κ1) is 16.3. The number of likely N-dealkylation sites (tertiary alicyclic amines) is 1. The van der Waals surface area contributed by atoms with Crippen LogP contribution in [0.15, 0.2) is 0 Å². The molecule has 2 amide bonds. The highest BCUT2D eigenvalue weighted by Crippen LogP contribution is 2.16. The summed E-state index contributed by atoms with van der Waals surface area (Å²) in [5.74, 6) is 0. The summed E-state index contributed by atoms with van der Waals surface area (Å²) in [4.78, 5) is 16.8. The fourth-order valence-electron chi connectivity index (χ4n) is 2.80. The van der Waals surface area contributed by atoms with E-state index < -0.39 is 0 Å². The quantitative estimate of drug-likeness (QED) is 0.743. The van der Waals surface area contributed by atoms with Crippen molar-refractivity contribution in [2.45, 2.75) is 58.4 Å². The molecule has 1 fully saturated rings. The summed E-state index contributed by atoms with van der Waals surface area (Å²) in [5.41, 5.74) is 0.